The van der Waals surface area contributed by atoms with Crippen LogP contribution < -0.4 is 5.32 Å². The highest BCUT2D eigenvalue weighted by molar-refractivity contribution is 4.75. The van der Waals surface area contributed by atoms with Crippen LogP contribution in [-0.4, -0.2) is 37.5 Å². The van der Waals surface area contributed by atoms with Gasteiger partial charge in [0.05, 0.1) is 24.4 Å². The fourth-order valence-electron chi connectivity index (χ4n) is 2.41. The molecule has 102 valence electrons. The minimum Gasteiger partial charge on any atom is -0.375 e. The lowest BCUT2D eigenvalue weighted by atomic mass is 10.0. The standard InChI is InChI=1S/C14H29NO2/c1-10(2)8-15-9-13(5)17-14-6-11(3)16-12(4)7-14/h10-15H,6-9H2,1-5H3. The molecule has 0 bridgehead atoms. The van der Waals surface area contributed by atoms with Crippen molar-refractivity contribution in [2.75, 3.05) is 13.1 Å². The van der Waals surface area contributed by atoms with Crippen molar-refractivity contribution in [1.29, 1.82) is 0 Å². The second-order valence-corrected chi connectivity index (χ2v) is 5.85. The summed E-state index contributed by atoms with van der Waals surface area (Å²) < 4.78 is 11.8. The highest BCUT2D eigenvalue weighted by atomic mass is 16.5. The van der Waals surface area contributed by atoms with Gasteiger partial charge in [0.2, 0.25) is 0 Å². The third kappa shape index (κ3) is 6.39. The van der Waals surface area contributed by atoms with Gasteiger partial charge in [-0.05, 0) is 46.1 Å². The minimum absolute atomic E-state index is 0.288. The lowest BCUT2D eigenvalue weighted by Gasteiger charge is -2.33. The third-order valence-electron chi connectivity index (χ3n) is 3.06. The Labute approximate surface area is 106 Å². The normalized spacial score (nSPS) is 31.8. The van der Waals surface area contributed by atoms with Crippen molar-refractivity contribution in [2.45, 2.75) is 71.9 Å². The Kier molecular flexibility index (Phi) is 6.45. The maximum Gasteiger partial charge on any atom is 0.0675 e. The molecule has 1 aliphatic heterocycles. The summed E-state index contributed by atoms with van der Waals surface area (Å²) in [5.41, 5.74) is 0. The quantitative estimate of drug-likeness (QED) is 0.778. The first-order valence-electron chi connectivity index (χ1n) is 6.99. The molecule has 17 heavy (non-hydrogen) atoms. The summed E-state index contributed by atoms with van der Waals surface area (Å²) in [6, 6.07) is 0. The zero-order valence-electron chi connectivity index (χ0n) is 12.0. The Hall–Kier alpha value is -0.120. The Balaban J connectivity index is 2.18. The summed E-state index contributed by atoms with van der Waals surface area (Å²) in [4.78, 5) is 0. The lowest BCUT2D eigenvalue weighted by Crippen LogP contribution is -2.38. The van der Waals surface area contributed by atoms with Crippen LogP contribution in [0.4, 0.5) is 0 Å². The van der Waals surface area contributed by atoms with Gasteiger partial charge in [0.1, 0.15) is 0 Å². The summed E-state index contributed by atoms with van der Waals surface area (Å²) in [7, 11) is 0. The topological polar surface area (TPSA) is 30.5 Å². The van der Waals surface area contributed by atoms with E-state index < -0.39 is 0 Å². The Bertz CT molecular complexity index is 198. The van der Waals surface area contributed by atoms with Crippen LogP contribution in [0.15, 0.2) is 0 Å². The van der Waals surface area contributed by atoms with E-state index in [1.807, 2.05) is 0 Å². The summed E-state index contributed by atoms with van der Waals surface area (Å²) in [6.07, 6.45) is 3.37. The molecule has 0 aliphatic carbocycles. The first-order valence-corrected chi connectivity index (χ1v) is 6.99. The largest absolute Gasteiger partial charge is 0.375 e. The molecule has 1 fully saturated rings. The molecule has 0 aromatic carbocycles. The van der Waals surface area contributed by atoms with Crippen LogP contribution in [0.25, 0.3) is 0 Å². The first-order chi connectivity index (χ1) is 7.97. The van der Waals surface area contributed by atoms with Gasteiger partial charge in [-0.3, -0.25) is 0 Å². The average molecular weight is 243 g/mol. The van der Waals surface area contributed by atoms with E-state index in [0.29, 0.717) is 24.2 Å². The average Bonchev–Trinajstić information content (AvgIpc) is 2.14. The van der Waals surface area contributed by atoms with Crippen molar-refractivity contribution < 1.29 is 9.47 Å². The van der Waals surface area contributed by atoms with E-state index >= 15 is 0 Å². The van der Waals surface area contributed by atoms with E-state index in [0.717, 1.165) is 25.9 Å². The monoisotopic (exact) mass is 243 g/mol. The molecule has 1 aliphatic rings. The van der Waals surface area contributed by atoms with Crippen LogP contribution in [0.5, 0.6) is 0 Å². The summed E-state index contributed by atoms with van der Waals surface area (Å²) >= 11 is 0. The summed E-state index contributed by atoms with van der Waals surface area (Å²) in [5, 5.41) is 3.44. The van der Waals surface area contributed by atoms with Gasteiger partial charge in [0.25, 0.3) is 0 Å². The van der Waals surface area contributed by atoms with E-state index in [9.17, 15) is 0 Å². The fourth-order valence-corrected chi connectivity index (χ4v) is 2.41. The molecule has 1 N–H and O–H groups in total. The third-order valence-corrected chi connectivity index (χ3v) is 3.06. The zero-order chi connectivity index (χ0) is 12.8. The maximum absolute atomic E-state index is 6.07. The fraction of sp³-hybridized carbons (Fsp3) is 1.00. The van der Waals surface area contributed by atoms with E-state index in [1.165, 1.54) is 0 Å². The van der Waals surface area contributed by atoms with Crippen molar-refractivity contribution >= 4 is 0 Å². The molecule has 0 radical (unpaired) electrons. The zero-order valence-corrected chi connectivity index (χ0v) is 12.0. The van der Waals surface area contributed by atoms with Crippen LogP contribution in [0, 0.1) is 5.92 Å². The summed E-state index contributed by atoms with van der Waals surface area (Å²) in [6.45, 7) is 12.9. The Morgan fingerprint density at radius 3 is 2.24 bits per heavy atom. The molecule has 0 saturated carbocycles. The number of hydrogen-bond acceptors (Lipinski definition) is 3. The van der Waals surface area contributed by atoms with Crippen molar-refractivity contribution in [1.82, 2.24) is 5.32 Å². The molecular weight excluding hydrogens is 214 g/mol. The van der Waals surface area contributed by atoms with Gasteiger partial charge in [0, 0.05) is 6.54 Å². The number of hydrogen-bond donors (Lipinski definition) is 1. The second-order valence-electron chi connectivity index (χ2n) is 5.85. The molecule has 3 nitrogen and oxygen atoms in total. The van der Waals surface area contributed by atoms with E-state index in [4.69, 9.17) is 9.47 Å². The molecule has 0 aromatic heterocycles. The van der Waals surface area contributed by atoms with Crippen molar-refractivity contribution in [3.8, 4) is 0 Å². The van der Waals surface area contributed by atoms with Crippen molar-refractivity contribution in [3.63, 3.8) is 0 Å². The van der Waals surface area contributed by atoms with Crippen molar-refractivity contribution in [3.05, 3.63) is 0 Å². The number of nitrogens with one attached hydrogen (secondary N) is 1. The van der Waals surface area contributed by atoms with E-state index in [-0.39, 0.29) is 6.10 Å². The van der Waals surface area contributed by atoms with Crippen LogP contribution in [0.1, 0.15) is 47.5 Å². The number of rotatable bonds is 6. The highest BCUT2D eigenvalue weighted by Crippen LogP contribution is 2.22. The SMILES string of the molecule is CC(C)CNCC(C)OC1CC(C)OC(C)C1. The molecule has 0 spiro atoms. The van der Waals surface area contributed by atoms with Crippen molar-refractivity contribution in [2.24, 2.45) is 5.92 Å². The molecule has 1 rings (SSSR count). The first kappa shape index (κ1) is 14.9. The van der Waals surface area contributed by atoms with E-state index in [2.05, 4.69) is 39.9 Å². The van der Waals surface area contributed by atoms with Gasteiger partial charge >= 0.3 is 0 Å². The molecular formula is C14H29NO2. The maximum atomic E-state index is 6.07. The summed E-state index contributed by atoms with van der Waals surface area (Å²) in [5.74, 6) is 0.699. The van der Waals surface area contributed by atoms with Crippen LogP contribution in [-0.2, 0) is 9.47 Å². The Morgan fingerprint density at radius 2 is 1.71 bits per heavy atom. The molecule has 3 atom stereocenters. The van der Waals surface area contributed by atoms with Gasteiger partial charge in [0.15, 0.2) is 0 Å². The van der Waals surface area contributed by atoms with Gasteiger partial charge in [-0.2, -0.15) is 0 Å². The van der Waals surface area contributed by atoms with Crippen LogP contribution in [0.3, 0.4) is 0 Å². The molecule has 0 amide bonds. The van der Waals surface area contributed by atoms with E-state index in [1.54, 1.807) is 0 Å². The molecule has 3 heteroatoms. The molecule has 3 unspecified atom stereocenters. The minimum atomic E-state index is 0.288. The smallest absolute Gasteiger partial charge is 0.0675 e. The van der Waals surface area contributed by atoms with Crippen LogP contribution >= 0.6 is 0 Å². The van der Waals surface area contributed by atoms with Crippen LogP contribution in [0.2, 0.25) is 0 Å². The number of ether oxygens (including phenoxy) is 2. The van der Waals surface area contributed by atoms with Gasteiger partial charge in [-0.25, -0.2) is 0 Å². The Morgan fingerprint density at radius 1 is 1.12 bits per heavy atom. The molecule has 1 saturated heterocycles. The van der Waals surface area contributed by atoms with Gasteiger partial charge in [-0.15, -0.1) is 0 Å². The van der Waals surface area contributed by atoms with Gasteiger partial charge in [-0.1, -0.05) is 13.8 Å². The second kappa shape index (κ2) is 7.34. The van der Waals surface area contributed by atoms with Gasteiger partial charge < -0.3 is 14.8 Å². The molecule has 1 heterocycles. The predicted molar refractivity (Wildman–Crippen MR) is 71.3 cm³/mol. The lowest BCUT2D eigenvalue weighted by molar-refractivity contribution is -0.117. The molecule has 0 aromatic rings. The predicted octanol–water partition coefficient (Wildman–Crippen LogP) is 2.59. The highest BCUT2D eigenvalue weighted by Gasteiger charge is 2.26.